The third-order valence-corrected chi connectivity index (χ3v) is 3.78. The first-order chi connectivity index (χ1) is 12.0. The number of nitrogens with zero attached hydrogens (tertiary/aromatic N) is 1. The normalized spacial score (nSPS) is 11.3. The van der Waals surface area contributed by atoms with E-state index in [0.717, 1.165) is 11.1 Å². The molecule has 0 aliphatic rings. The van der Waals surface area contributed by atoms with Crippen molar-refractivity contribution in [2.45, 2.75) is 33.2 Å². The molecule has 0 atom stereocenters. The second kappa shape index (κ2) is 8.83. The molecule has 2 rings (SSSR count). The molecule has 2 amide bonds. The number of para-hydroxylation sites is 1. The van der Waals surface area contributed by atoms with Gasteiger partial charge in [0.05, 0.1) is 0 Å². The Morgan fingerprint density at radius 3 is 2.12 bits per heavy atom. The minimum absolute atomic E-state index is 0.0318. The molecular formula is C21H24N2O2. The predicted octanol–water partition coefficient (Wildman–Crippen LogP) is 4.31. The van der Waals surface area contributed by atoms with Crippen molar-refractivity contribution in [2.24, 2.45) is 0 Å². The van der Waals surface area contributed by atoms with Gasteiger partial charge in [-0.1, -0.05) is 48.5 Å². The summed E-state index contributed by atoms with van der Waals surface area (Å²) in [6.45, 7) is 5.82. The Balaban J connectivity index is 2.06. The van der Waals surface area contributed by atoms with Crippen LogP contribution in [0.25, 0.3) is 5.57 Å². The number of anilines is 1. The molecule has 0 aromatic heterocycles. The van der Waals surface area contributed by atoms with Gasteiger partial charge in [0.1, 0.15) is 6.42 Å². The fourth-order valence-corrected chi connectivity index (χ4v) is 2.45. The second-order valence-electron chi connectivity index (χ2n) is 6.16. The van der Waals surface area contributed by atoms with Gasteiger partial charge in [-0.05, 0) is 44.0 Å². The highest BCUT2D eigenvalue weighted by Crippen LogP contribution is 2.16. The van der Waals surface area contributed by atoms with Crippen LogP contribution in [0.5, 0.6) is 0 Å². The fraction of sp³-hybridized carbons (Fsp3) is 0.238. The highest BCUT2D eigenvalue weighted by atomic mass is 16.2. The minimum atomic E-state index is -0.312. The van der Waals surface area contributed by atoms with E-state index in [-0.39, 0.29) is 24.3 Å². The lowest BCUT2D eigenvalue weighted by Gasteiger charge is -2.24. The molecule has 2 aromatic rings. The summed E-state index contributed by atoms with van der Waals surface area (Å²) in [4.78, 5) is 26.3. The first-order valence-electron chi connectivity index (χ1n) is 8.37. The monoisotopic (exact) mass is 336 g/mol. The van der Waals surface area contributed by atoms with Crippen molar-refractivity contribution in [3.05, 3.63) is 72.4 Å². The molecule has 0 fully saturated rings. The Bertz CT molecular complexity index is 737. The van der Waals surface area contributed by atoms with Crippen LogP contribution in [0.4, 0.5) is 5.69 Å². The zero-order valence-corrected chi connectivity index (χ0v) is 14.9. The van der Waals surface area contributed by atoms with Crippen LogP contribution in [0.3, 0.4) is 0 Å². The molecule has 4 heteroatoms. The highest BCUT2D eigenvalue weighted by Gasteiger charge is 2.19. The summed E-state index contributed by atoms with van der Waals surface area (Å²) < 4.78 is 0. The van der Waals surface area contributed by atoms with E-state index >= 15 is 0 Å². The average molecular weight is 336 g/mol. The van der Waals surface area contributed by atoms with E-state index in [9.17, 15) is 9.59 Å². The van der Waals surface area contributed by atoms with Crippen molar-refractivity contribution < 1.29 is 9.59 Å². The molecule has 2 aromatic carbocycles. The van der Waals surface area contributed by atoms with Crippen LogP contribution in [0.2, 0.25) is 0 Å². The van der Waals surface area contributed by atoms with Gasteiger partial charge in [0.25, 0.3) is 0 Å². The molecule has 25 heavy (non-hydrogen) atoms. The first-order valence-corrected chi connectivity index (χ1v) is 8.37. The van der Waals surface area contributed by atoms with Gasteiger partial charge in [0.15, 0.2) is 0 Å². The van der Waals surface area contributed by atoms with Gasteiger partial charge in [0, 0.05) is 17.9 Å². The Morgan fingerprint density at radius 2 is 1.56 bits per heavy atom. The predicted molar refractivity (Wildman–Crippen MR) is 102 cm³/mol. The molecule has 130 valence electrons. The number of allylic oxidation sites excluding steroid dienone is 1. The van der Waals surface area contributed by atoms with Gasteiger partial charge in [-0.15, -0.1) is 0 Å². The van der Waals surface area contributed by atoms with Crippen molar-refractivity contribution >= 4 is 23.1 Å². The molecule has 0 heterocycles. The lowest BCUT2D eigenvalue weighted by Crippen LogP contribution is -2.34. The molecular weight excluding hydrogens is 312 g/mol. The lowest BCUT2D eigenvalue weighted by molar-refractivity contribution is -0.133. The lowest BCUT2D eigenvalue weighted by atomic mass is 10.1. The molecule has 0 unspecified atom stereocenters. The van der Waals surface area contributed by atoms with Gasteiger partial charge in [-0.25, -0.2) is 0 Å². The van der Waals surface area contributed by atoms with Crippen molar-refractivity contribution in [1.82, 2.24) is 4.90 Å². The Kier molecular flexibility index (Phi) is 6.52. The topological polar surface area (TPSA) is 49.4 Å². The van der Waals surface area contributed by atoms with E-state index in [1.165, 1.54) is 0 Å². The number of rotatable bonds is 6. The maximum Gasteiger partial charge on any atom is 0.236 e. The summed E-state index contributed by atoms with van der Waals surface area (Å²) in [5.74, 6) is -0.536. The molecule has 1 N–H and O–H groups in total. The van der Waals surface area contributed by atoms with E-state index in [2.05, 4.69) is 5.32 Å². The zero-order valence-electron chi connectivity index (χ0n) is 14.9. The minimum Gasteiger partial charge on any atom is -0.326 e. The largest absolute Gasteiger partial charge is 0.326 e. The third-order valence-electron chi connectivity index (χ3n) is 3.78. The maximum absolute atomic E-state index is 12.6. The van der Waals surface area contributed by atoms with E-state index in [4.69, 9.17) is 0 Å². The van der Waals surface area contributed by atoms with Crippen molar-refractivity contribution in [3.8, 4) is 0 Å². The van der Waals surface area contributed by atoms with Crippen LogP contribution >= 0.6 is 0 Å². The highest BCUT2D eigenvalue weighted by molar-refractivity contribution is 6.04. The molecule has 0 radical (unpaired) electrons. The van der Waals surface area contributed by atoms with Crippen molar-refractivity contribution in [1.29, 1.82) is 0 Å². The van der Waals surface area contributed by atoms with Gasteiger partial charge >= 0.3 is 0 Å². The number of amides is 2. The molecule has 0 saturated carbocycles. The van der Waals surface area contributed by atoms with Crippen LogP contribution in [0.1, 0.15) is 32.8 Å². The number of benzene rings is 2. The molecule has 0 aliphatic heterocycles. The van der Waals surface area contributed by atoms with E-state index in [1.54, 1.807) is 17.0 Å². The summed E-state index contributed by atoms with van der Waals surface area (Å²) in [6, 6.07) is 19.0. The van der Waals surface area contributed by atoms with Crippen LogP contribution < -0.4 is 5.32 Å². The van der Waals surface area contributed by atoms with Gasteiger partial charge in [0.2, 0.25) is 11.8 Å². The smallest absolute Gasteiger partial charge is 0.236 e. The van der Waals surface area contributed by atoms with Crippen molar-refractivity contribution in [3.63, 3.8) is 0 Å². The van der Waals surface area contributed by atoms with Crippen LogP contribution in [-0.2, 0) is 9.59 Å². The number of hydrogen-bond acceptors (Lipinski definition) is 2. The SMILES string of the molecule is C/C(=C\N(C(=O)CC(=O)Nc1ccccc1)C(C)C)c1ccccc1. The Hall–Kier alpha value is -2.88. The zero-order chi connectivity index (χ0) is 18.2. The van der Waals surface area contributed by atoms with Crippen LogP contribution in [0, 0.1) is 0 Å². The molecule has 4 nitrogen and oxygen atoms in total. The maximum atomic E-state index is 12.6. The molecule has 0 spiro atoms. The average Bonchev–Trinajstić information content (AvgIpc) is 2.60. The van der Waals surface area contributed by atoms with Gasteiger partial charge in [-0.3, -0.25) is 9.59 Å². The van der Waals surface area contributed by atoms with E-state index in [1.807, 2.05) is 75.5 Å². The Labute approximate surface area is 149 Å². The van der Waals surface area contributed by atoms with E-state index in [0.29, 0.717) is 5.69 Å². The number of hydrogen-bond donors (Lipinski definition) is 1. The summed E-state index contributed by atoms with van der Waals surface area (Å²) in [5, 5.41) is 2.74. The standard InChI is InChI=1S/C21H24N2O2/c1-16(2)23(15-17(3)18-10-6-4-7-11-18)21(25)14-20(24)22-19-12-8-5-9-13-19/h4-13,15-16H,14H2,1-3H3,(H,22,24)/b17-15+. The number of carbonyl (C=O) groups excluding carboxylic acids is 2. The summed E-state index contributed by atoms with van der Waals surface area (Å²) in [7, 11) is 0. The van der Waals surface area contributed by atoms with Crippen molar-refractivity contribution in [2.75, 3.05) is 5.32 Å². The first kappa shape index (κ1) is 18.5. The Morgan fingerprint density at radius 1 is 1.00 bits per heavy atom. The van der Waals surface area contributed by atoms with Gasteiger partial charge < -0.3 is 10.2 Å². The molecule has 0 saturated heterocycles. The third kappa shape index (κ3) is 5.60. The van der Waals surface area contributed by atoms with Gasteiger partial charge in [-0.2, -0.15) is 0 Å². The fourth-order valence-electron chi connectivity index (χ4n) is 2.45. The summed E-state index contributed by atoms with van der Waals surface area (Å²) in [6.07, 6.45) is 1.63. The molecule has 0 aliphatic carbocycles. The summed E-state index contributed by atoms with van der Waals surface area (Å²) in [5.41, 5.74) is 2.72. The number of nitrogens with one attached hydrogen (secondary N) is 1. The number of carbonyl (C=O) groups is 2. The second-order valence-corrected chi connectivity index (χ2v) is 6.16. The van der Waals surface area contributed by atoms with Crippen LogP contribution in [-0.4, -0.2) is 22.8 Å². The van der Waals surface area contributed by atoms with Crippen LogP contribution in [0.15, 0.2) is 66.9 Å². The van der Waals surface area contributed by atoms with E-state index < -0.39 is 0 Å². The summed E-state index contributed by atoms with van der Waals surface area (Å²) >= 11 is 0. The molecule has 0 bridgehead atoms. The quantitative estimate of drug-likeness (QED) is 0.799.